The Morgan fingerprint density at radius 3 is 2.87 bits per heavy atom. The molecule has 0 unspecified atom stereocenters. The van der Waals surface area contributed by atoms with Crippen LogP contribution in [-0.4, -0.2) is 9.55 Å². The van der Waals surface area contributed by atoms with Gasteiger partial charge in [0.05, 0.1) is 18.2 Å². The van der Waals surface area contributed by atoms with E-state index < -0.39 is 0 Å². The van der Waals surface area contributed by atoms with Gasteiger partial charge in [-0.15, -0.1) is 0 Å². The van der Waals surface area contributed by atoms with Crippen molar-refractivity contribution in [1.82, 2.24) is 9.55 Å². The number of hydrogen-bond acceptors (Lipinski definition) is 2. The molecule has 15 heavy (non-hydrogen) atoms. The lowest BCUT2D eigenvalue weighted by Gasteiger charge is -2.05. The van der Waals surface area contributed by atoms with E-state index in [4.69, 9.17) is 5.26 Å². The molecule has 0 radical (unpaired) electrons. The van der Waals surface area contributed by atoms with Gasteiger partial charge in [-0.05, 0) is 34.2 Å². The Balaban J connectivity index is 2.33. The molecule has 1 heterocycles. The van der Waals surface area contributed by atoms with Gasteiger partial charge in [0.25, 0.3) is 0 Å². The number of rotatable bonds is 2. The molecule has 0 saturated heterocycles. The molecule has 0 fully saturated rings. The second-order valence-electron chi connectivity index (χ2n) is 3.09. The van der Waals surface area contributed by atoms with Crippen molar-refractivity contribution in [3.63, 3.8) is 0 Å². The third-order valence-electron chi connectivity index (χ3n) is 2.14. The van der Waals surface area contributed by atoms with Gasteiger partial charge in [-0.25, -0.2) is 4.98 Å². The maximum absolute atomic E-state index is 8.94. The van der Waals surface area contributed by atoms with Crippen LogP contribution >= 0.6 is 22.6 Å². The fourth-order valence-corrected chi connectivity index (χ4v) is 1.87. The SMILES string of the molecule is N#Cc1ccccc1Cn1ccnc1I. The molecule has 2 rings (SSSR count). The largest absolute Gasteiger partial charge is 0.322 e. The number of nitrogens with zero attached hydrogens (tertiary/aromatic N) is 3. The van der Waals surface area contributed by atoms with Crippen molar-refractivity contribution in [1.29, 1.82) is 5.26 Å². The van der Waals surface area contributed by atoms with Gasteiger partial charge in [0.2, 0.25) is 0 Å². The van der Waals surface area contributed by atoms with E-state index in [0.717, 1.165) is 15.0 Å². The van der Waals surface area contributed by atoms with E-state index in [9.17, 15) is 0 Å². The highest BCUT2D eigenvalue weighted by Gasteiger charge is 2.03. The van der Waals surface area contributed by atoms with Crippen molar-refractivity contribution in [3.8, 4) is 6.07 Å². The Labute approximate surface area is 102 Å². The second-order valence-corrected chi connectivity index (χ2v) is 4.06. The zero-order valence-corrected chi connectivity index (χ0v) is 10.0. The van der Waals surface area contributed by atoms with Crippen molar-refractivity contribution < 1.29 is 0 Å². The molecular weight excluding hydrogens is 301 g/mol. The first-order valence-electron chi connectivity index (χ1n) is 4.46. The minimum atomic E-state index is 0.696. The molecule has 0 saturated carbocycles. The summed E-state index contributed by atoms with van der Waals surface area (Å²) in [5.41, 5.74) is 1.75. The number of benzene rings is 1. The summed E-state index contributed by atoms with van der Waals surface area (Å²) >= 11 is 2.18. The quantitative estimate of drug-likeness (QED) is 0.800. The Morgan fingerprint density at radius 1 is 1.40 bits per heavy atom. The summed E-state index contributed by atoms with van der Waals surface area (Å²) in [5, 5.41) is 8.94. The molecule has 0 aliphatic rings. The van der Waals surface area contributed by atoms with Crippen molar-refractivity contribution in [2.24, 2.45) is 0 Å². The maximum Gasteiger partial charge on any atom is 0.171 e. The highest BCUT2D eigenvalue weighted by Crippen LogP contribution is 2.11. The molecule has 0 bridgehead atoms. The Bertz CT molecular complexity index is 511. The molecule has 74 valence electrons. The van der Waals surface area contributed by atoms with Gasteiger partial charge in [0.15, 0.2) is 3.83 Å². The van der Waals surface area contributed by atoms with Crippen molar-refractivity contribution in [3.05, 3.63) is 51.6 Å². The average Bonchev–Trinajstić information content (AvgIpc) is 2.65. The van der Waals surface area contributed by atoms with Crippen molar-refractivity contribution >= 4 is 22.6 Å². The number of imidazole rings is 1. The third kappa shape index (κ3) is 2.18. The molecule has 3 nitrogen and oxygen atoms in total. The van der Waals surface area contributed by atoms with Gasteiger partial charge in [-0.1, -0.05) is 18.2 Å². The zero-order chi connectivity index (χ0) is 10.7. The predicted octanol–water partition coefficient (Wildman–Crippen LogP) is 2.41. The lowest BCUT2D eigenvalue weighted by molar-refractivity contribution is 0.770. The molecule has 0 aliphatic heterocycles. The number of hydrogen-bond donors (Lipinski definition) is 0. The molecule has 1 aromatic carbocycles. The van der Waals surface area contributed by atoms with Crippen LogP contribution in [0.3, 0.4) is 0 Å². The number of halogens is 1. The van der Waals surface area contributed by atoms with E-state index in [1.165, 1.54) is 0 Å². The van der Waals surface area contributed by atoms with E-state index in [0.29, 0.717) is 6.54 Å². The van der Waals surface area contributed by atoms with Gasteiger partial charge in [-0.3, -0.25) is 0 Å². The lowest BCUT2D eigenvalue weighted by atomic mass is 10.1. The molecular formula is C11H8IN3. The van der Waals surface area contributed by atoms with Gasteiger partial charge >= 0.3 is 0 Å². The fourth-order valence-electron chi connectivity index (χ4n) is 1.38. The van der Waals surface area contributed by atoms with Gasteiger partial charge < -0.3 is 4.57 Å². The first kappa shape index (κ1) is 10.2. The smallest absolute Gasteiger partial charge is 0.171 e. The molecule has 0 spiro atoms. The summed E-state index contributed by atoms with van der Waals surface area (Å²) in [6.07, 6.45) is 3.67. The monoisotopic (exact) mass is 309 g/mol. The van der Waals surface area contributed by atoms with E-state index in [-0.39, 0.29) is 0 Å². The van der Waals surface area contributed by atoms with E-state index in [1.54, 1.807) is 6.20 Å². The zero-order valence-electron chi connectivity index (χ0n) is 7.89. The third-order valence-corrected chi connectivity index (χ3v) is 3.04. The van der Waals surface area contributed by atoms with Crippen LogP contribution in [0.5, 0.6) is 0 Å². The van der Waals surface area contributed by atoms with Crippen molar-refractivity contribution in [2.75, 3.05) is 0 Å². The summed E-state index contributed by atoms with van der Waals surface area (Å²) in [5.74, 6) is 0. The molecule has 0 atom stereocenters. The summed E-state index contributed by atoms with van der Waals surface area (Å²) in [6.45, 7) is 0.696. The van der Waals surface area contributed by atoms with Crippen molar-refractivity contribution in [2.45, 2.75) is 6.54 Å². The second kappa shape index (κ2) is 4.45. The highest BCUT2D eigenvalue weighted by molar-refractivity contribution is 14.1. The lowest BCUT2D eigenvalue weighted by Crippen LogP contribution is -2.02. The Morgan fingerprint density at radius 2 is 2.20 bits per heavy atom. The van der Waals surface area contributed by atoms with Crippen LogP contribution in [0.15, 0.2) is 36.7 Å². The standard InChI is InChI=1S/C11H8IN3/c12-11-14-5-6-15(11)8-10-4-2-1-3-9(10)7-13/h1-6H,8H2. The van der Waals surface area contributed by atoms with E-state index >= 15 is 0 Å². The van der Waals surface area contributed by atoms with E-state index in [1.807, 2.05) is 35.0 Å². The minimum Gasteiger partial charge on any atom is -0.322 e. The first-order chi connectivity index (χ1) is 7.31. The topological polar surface area (TPSA) is 41.6 Å². The van der Waals surface area contributed by atoms with Gasteiger partial charge in [-0.2, -0.15) is 5.26 Å². The molecule has 4 heteroatoms. The van der Waals surface area contributed by atoms with Crippen LogP contribution in [0.25, 0.3) is 0 Å². The highest BCUT2D eigenvalue weighted by atomic mass is 127. The van der Waals surface area contributed by atoms with Crippen LogP contribution in [0.4, 0.5) is 0 Å². The van der Waals surface area contributed by atoms with Crippen LogP contribution in [0, 0.1) is 15.2 Å². The predicted molar refractivity (Wildman–Crippen MR) is 65.2 cm³/mol. The van der Waals surface area contributed by atoms with E-state index in [2.05, 4.69) is 33.6 Å². The summed E-state index contributed by atoms with van der Waals surface area (Å²) in [4.78, 5) is 4.14. The van der Waals surface area contributed by atoms with Crippen LogP contribution < -0.4 is 0 Å². The molecule has 0 amide bonds. The maximum atomic E-state index is 8.94. The normalized spacial score (nSPS) is 9.87. The molecule has 1 aromatic heterocycles. The minimum absolute atomic E-state index is 0.696. The Hall–Kier alpha value is -1.35. The summed E-state index contributed by atoms with van der Waals surface area (Å²) < 4.78 is 2.94. The number of aromatic nitrogens is 2. The number of nitriles is 1. The van der Waals surface area contributed by atoms with Gasteiger partial charge in [0, 0.05) is 12.4 Å². The first-order valence-corrected chi connectivity index (χ1v) is 5.54. The van der Waals surface area contributed by atoms with Crippen LogP contribution in [0.1, 0.15) is 11.1 Å². The molecule has 0 aliphatic carbocycles. The molecule has 0 N–H and O–H groups in total. The van der Waals surface area contributed by atoms with Gasteiger partial charge in [0.1, 0.15) is 0 Å². The fraction of sp³-hybridized carbons (Fsp3) is 0.0909. The Kier molecular flexibility index (Phi) is 3.02. The summed E-state index contributed by atoms with van der Waals surface area (Å²) in [7, 11) is 0. The summed E-state index contributed by atoms with van der Waals surface area (Å²) in [6, 6.07) is 9.81. The van der Waals surface area contributed by atoms with Crippen LogP contribution in [-0.2, 0) is 6.54 Å². The molecule has 2 aromatic rings. The average molecular weight is 309 g/mol. The van der Waals surface area contributed by atoms with Crippen LogP contribution in [0.2, 0.25) is 0 Å².